The fourth-order valence-corrected chi connectivity index (χ4v) is 5.03. The molecule has 0 radical (unpaired) electrons. The first-order valence-corrected chi connectivity index (χ1v) is 13.0. The first-order valence-electron chi connectivity index (χ1n) is 13.0. The zero-order valence-electron chi connectivity index (χ0n) is 20.9. The van der Waals surface area contributed by atoms with Crippen LogP contribution in [0.2, 0.25) is 0 Å². The SMILES string of the molecule is CCCCCCCCCCCC(=O)OC1(C2(CO)OC(CO)C(O)C2O)OC(CO)C(O)C(O)C1O. The maximum atomic E-state index is 12.9. The average Bonchev–Trinajstić information content (AvgIpc) is 3.13. The maximum absolute atomic E-state index is 12.9. The Balaban J connectivity index is 2.17. The number of hydrogen-bond donors (Lipinski definition) is 8. The van der Waals surface area contributed by atoms with Gasteiger partial charge in [0.1, 0.15) is 36.6 Å². The molecule has 0 aromatic heterocycles. The fraction of sp³-hybridized carbons (Fsp3) is 0.958. The third-order valence-electron chi connectivity index (χ3n) is 7.25. The number of carbonyl (C=O) groups is 1. The molecule has 9 atom stereocenters. The van der Waals surface area contributed by atoms with Crippen LogP contribution in [0.5, 0.6) is 0 Å². The Labute approximate surface area is 211 Å². The van der Waals surface area contributed by atoms with Crippen LogP contribution in [-0.2, 0) is 19.0 Å². The van der Waals surface area contributed by atoms with Gasteiger partial charge in [-0.2, -0.15) is 0 Å². The molecular formula is C24H44O12. The molecule has 12 heteroatoms. The molecule has 2 fully saturated rings. The number of unbranched alkanes of at least 4 members (excludes halogenated alkanes) is 8. The highest BCUT2D eigenvalue weighted by Gasteiger charge is 2.74. The third-order valence-corrected chi connectivity index (χ3v) is 7.25. The number of rotatable bonds is 15. The summed E-state index contributed by atoms with van der Waals surface area (Å²) in [5.74, 6) is -3.74. The standard InChI is InChI=1S/C24H44O12/c1-2-3-4-5-6-7-8-9-10-11-17(28)36-24(22(33)20(31)18(29)15(12-25)35-24)23(14-27)21(32)19(30)16(13-26)34-23/h15-16,18-22,25-27,29-33H,2-14H2,1H3. The second-order valence-electron chi connectivity index (χ2n) is 9.81. The number of hydrogen-bond acceptors (Lipinski definition) is 12. The highest BCUT2D eigenvalue weighted by molar-refractivity contribution is 5.70. The summed E-state index contributed by atoms with van der Waals surface area (Å²) in [6, 6.07) is 0. The van der Waals surface area contributed by atoms with Crippen LogP contribution in [0.15, 0.2) is 0 Å². The van der Waals surface area contributed by atoms with Crippen molar-refractivity contribution in [2.45, 2.75) is 125 Å². The van der Waals surface area contributed by atoms with Gasteiger partial charge >= 0.3 is 5.97 Å². The van der Waals surface area contributed by atoms with Gasteiger partial charge in [0.25, 0.3) is 5.79 Å². The molecule has 0 amide bonds. The highest BCUT2D eigenvalue weighted by atomic mass is 16.8. The Morgan fingerprint density at radius 2 is 1.25 bits per heavy atom. The highest BCUT2D eigenvalue weighted by Crippen LogP contribution is 2.48. The predicted molar refractivity (Wildman–Crippen MR) is 124 cm³/mol. The van der Waals surface area contributed by atoms with Gasteiger partial charge in [-0.1, -0.05) is 58.3 Å². The van der Waals surface area contributed by atoms with Gasteiger partial charge in [-0.05, 0) is 6.42 Å². The molecule has 0 saturated carbocycles. The van der Waals surface area contributed by atoms with E-state index in [2.05, 4.69) is 6.92 Å². The minimum atomic E-state index is -2.82. The molecule has 8 N–H and O–H groups in total. The van der Waals surface area contributed by atoms with E-state index in [4.69, 9.17) is 14.2 Å². The molecule has 12 nitrogen and oxygen atoms in total. The summed E-state index contributed by atoms with van der Waals surface area (Å²) in [7, 11) is 0. The molecule has 0 spiro atoms. The fourth-order valence-electron chi connectivity index (χ4n) is 5.03. The van der Waals surface area contributed by atoms with Crippen LogP contribution in [0.1, 0.15) is 71.1 Å². The van der Waals surface area contributed by atoms with E-state index >= 15 is 0 Å². The summed E-state index contributed by atoms with van der Waals surface area (Å²) >= 11 is 0. The average molecular weight is 525 g/mol. The van der Waals surface area contributed by atoms with Crippen LogP contribution in [0.25, 0.3) is 0 Å². The molecular weight excluding hydrogens is 480 g/mol. The summed E-state index contributed by atoms with van der Waals surface area (Å²) in [6.07, 6.45) is -4.12. The lowest BCUT2D eigenvalue weighted by Gasteiger charge is -2.54. The van der Waals surface area contributed by atoms with Gasteiger partial charge in [0.05, 0.1) is 19.8 Å². The van der Waals surface area contributed by atoms with E-state index in [0.29, 0.717) is 6.42 Å². The number of aliphatic hydroxyl groups excluding tert-OH is 8. The van der Waals surface area contributed by atoms with Crippen LogP contribution < -0.4 is 0 Å². The van der Waals surface area contributed by atoms with Crippen molar-refractivity contribution in [1.82, 2.24) is 0 Å². The molecule has 2 aliphatic rings. The van der Waals surface area contributed by atoms with Crippen LogP contribution >= 0.6 is 0 Å². The van der Waals surface area contributed by atoms with E-state index in [0.717, 1.165) is 25.7 Å². The molecule has 2 aliphatic heterocycles. The molecule has 36 heavy (non-hydrogen) atoms. The number of esters is 1. The Morgan fingerprint density at radius 1 is 0.722 bits per heavy atom. The summed E-state index contributed by atoms with van der Waals surface area (Å²) in [5.41, 5.74) is -2.55. The van der Waals surface area contributed by atoms with E-state index < -0.39 is 79.9 Å². The van der Waals surface area contributed by atoms with Crippen molar-refractivity contribution in [1.29, 1.82) is 0 Å². The molecule has 2 rings (SSSR count). The van der Waals surface area contributed by atoms with Gasteiger partial charge in [0, 0.05) is 6.42 Å². The van der Waals surface area contributed by atoms with Crippen molar-refractivity contribution in [3.8, 4) is 0 Å². The van der Waals surface area contributed by atoms with Crippen molar-refractivity contribution >= 4 is 5.97 Å². The van der Waals surface area contributed by atoms with Gasteiger partial charge < -0.3 is 55.1 Å². The minimum absolute atomic E-state index is 0.125. The first kappa shape index (κ1) is 31.3. The lowest BCUT2D eigenvalue weighted by atomic mass is 9.78. The molecule has 0 aromatic carbocycles. The predicted octanol–water partition coefficient (Wildman–Crippen LogP) is -1.54. The Bertz CT molecular complexity index is 663. The van der Waals surface area contributed by atoms with Gasteiger partial charge in [0.2, 0.25) is 0 Å². The van der Waals surface area contributed by atoms with E-state index in [1.807, 2.05) is 0 Å². The monoisotopic (exact) mass is 524 g/mol. The summed E-state index contributed by atoms with van der Waals surface area (Å²) < 4.78 is 16.6. The second-order valence-corrected chi connectivity index (χ2v) is 9.81. The van der Waals surface area contributed by atoms with E-state index in [-0.39, 0.29) is 6.42 Å². The van der Waals surface area contributed by atoms with E-state index in [9.17, 15) is 45.6 Å². The van der Waals surface area contributed by atoms with Crippen molar-refractivity contribution in [3.05, 3.63) is 0 Å². The van der Waals surface area contributed by atoms with Crippen molar-refractivity contribution in [2.24, 2.45) is 0 Å². The quantitative estimate of drug-likeness (QED) is 0.0906. The molecule has 0 aromatic rings. The lowest BCUT2D eigenvalue weighted by molar-refractivity contribution is -0.415. The number of aliphatic hydroxyl groups is 8. The topological polar surface area (TPSA) is 207 Å². The largest absolute Gasteiger partial charge is 0.427 e. The Kier molecular flexibility index (Phi) is 12.4. The van der Waals surface area contributed by atoms with Crippen LogP contribution in [-0.4, -0.2) is 121 Å². The van der Waals surface area contributed by atoms with Gasteiger partial charge in [0.15, 0.2) is 11.7 Å². The van der Waals surface area contributed by atoms with Crippen LogP contribution in [0, 0.1) is 0 Å². The molecule has 212 valence electrons. The van der Waals surface area contributed by atoms with Crippen molar-refractivity contribution in [3.63, 3.8) is 0 Å². The van der Waals surface area contributed by atoms with Crippen molar-refractivity contribution in [2.75, 3.05) is 19.8 Å². The van der Waals surface area contributed by atoms with Crippen molar-refractivity contribution < 1.29 is 59.9 Å². The van der Waals surface area contributed by atoms with Gasteiger partial charge in [-0.25, -0.2) is 0 Å². The number of carbonyl (C=O) groups excluding carboxylic acids is 1. The van der Waals surface area contributed by atoms with Gasteiger partial charge in [-0.15, -0.1) is 0 Å². The zero-order chi connectivity index (χ0) is 26.9. The molecule has 0 bridgehead atoms. The van der Waals surface area contributed by atoms with E-state index in [1.54, 1.807) is 0 Å². The molecule has 2 saturated heterocycles. The normalized spacial score (nSPS) is 38.9. The first-order chi connectivity index (χ1) is 17.2. The zero-order valence-corrected chi connectivity index (χ0v) is 20.9. The molecule has 9 unspecified atom stereocenters. The maximum Gasteiger partial charge on any atom is 0.308 e. The van der Waals surface area contributed by atoms with E-state index in [1.165, 1.54) is 25.7 Å². The smallest absolute Gasteiger partial charge is 0.308 e. The van der Waals surface area contributed by atoms with Gasteiger partial charge in [-0.3, -0.25) is 4.79 Å². The molecule has 0 aliphatic carbocycles. The number of ether oxygens (including phenoxy) is 3. The Hall–Kier alpha value is -0.930. The lowest BCUT2D eigenvalue weighted by Crippen LogP contribution is -2.78. The van der Waals surface area contributed by atoms with Crippen LogP contribution in [0.4, 0.5) is 0 Å². The summed E-state index contributed by atoms with van der Waals surface area (Å²) in [4.78, 5) is 12.9. The van der Waals surface area contributed by atoms with Crippen LogP contribution in [0.3, 0.4) is 0 Å². The summed E-state index contributed by atoms with van der Waals surface area (Å²) in [6.45, 7) is -0.702. The second kappa shape index (κ2) is 14.3. The summed E-state index contributed by atoms with van der Waals surface area (Å²) in [5, 5.41) is 82.2. The minimum Gasteiger partial charge on any atom is -0.427 e. The molecule has 2 heterocycles. The third kappa shape index (κ3) is 6.37. The Morgan fingerprint density at radius 3 is 1.75 bits per heavy atom.